The zero-order chi connectivity index (χ0) is 19.3. The van der Waals surface area contributed by atoms with Crippen LogP contribution in [0.3, 0.4) is 0 Å². The molecule has 0 radical (unpaired) electrons. The molecule has 2 aliphatic rings. The van der Waals surface area contributed by atoms with Crippen LogP contribution in [-0.2, 0) is 4.79 Å². The lowest BCUT2D eigenvalue weighted by molar-refractivity contribution is -0.123. The van der Waals surface area contributed by atoms with Crippen molar-refractivity contribution in [3.8, 4) is 5.69 Å². The van der Waals surface area contributed by atoms with Crippen LogP contribution in [0.1, 0.15) is 36.0 Å². The fraction of sp³-hybridized carbons (Fsp3) is 0.476. The van der Waals surface area contributed by atoms with Gasteiger partial charge in [0.2, 0.25) is 5.91 Å². The largest absolute Gasteiger partial charge is 0.354 e. The molecule has 2 amide bonds. The normalized spacial score (nSPS) is 20.7. The molecule has 3 heterocycles. The van der Waals surface area contributed by atoms with E-state index in [-0.39, 0.29) is 42.7 Å². The summed E-state index contributed by atoms with van der Waals surface area (Å²) in [7, 11) is 0. The van der Waals surface area contributed by atoms with Crippen LogP contribution < -0.4 is 10.6 Å². The van der Waals surface area contributed by atoms with Gasteiger partial charge in [-0.2, -0.15) is 0 Å². The lowest BCUT2D eigenvalue weighted by Crippen LogP contribution is -2.46. The molecule has 7 nitrogen and oxygen atoms in total. The number of halogens is 2. The number of likely N-dealkylation sites (tertiary alicyclic amines) is 1. The van der Waals surface area contributed by atoms with E-state index in [9.17, 15) is 9.59 Å². The molecule has 2 aliphatic heterocycles. The molecule has 2 unspecified atom stereocenters. The number of imidazole rings is 1. The summed E-state index contributed by atoms with van der Waals surface area (Å²) >= 11 is 0. The molecular weight excluding hydrogens is 425 g/mol. The Morgan fingerprint density at radius 2 is 1.93 bits per heavy atom. The Morgan fingerprint density at radius 1 is 1.13 bits per heavy atom. The number of benzene rings is 1. The van der Waals surface area contributed by atoms with E-state index in [4.69, 9.17) is 0 Å². The maximum Gasteiger partial charge on any atom is 0.253 e. The minimum absolute atomic E-state index is 0. The van der Waals surface area contributed by atoms with Gasteiger partial charge in [-0.25, -0.2) is 4.98 Å². The molecule has 1 aromatic heterocycles. The van der Waals surface area contributed by atoms with Crippen LogP contribution in [0.2, 0.25) is 0 Å². The Hall–Kier alpha value is -2.09. The monoisotopic (exact) mass is 453 g/mol. The summed E-state index contributed by atoms with van der Waals surface area (Å²) in [5.41, 5.74) is 1.68. The maximum absolute atomic E-state index is 12.9. The molecule has 0 bridgehead atoms. The number of piperidine rings is 1. The van der Waals surface area contributed by atoms with Gasteiger partial charge < -0.3 is 20.1 Å². The summed E-state index contributed by atoms with van der Waals surface area (Å²) in [5, 5.41) is 6.29. The van der Waals surface area contributed by atoms with Crippen molar-refractivity contribution in [2.24, 2.45) is 5.92 Å². The van der Waals surface area contributed by atoms with Crippen molar-refractivity contribution in [1.82, 2.24) is 25.1 Å². The van der Waals surface area contributed by atoms with Gasteiger partial charge >= 0.3 is 0 Å². The van der Waals surface area contributed by atoms with E-state index in [2.05, 4.69) is 15.6 Å². The first kappa shape index (κ1) is 24.2. The smallest absolute Gasteiger partial charge is 0.253 e. The molecule has 1 aromatic carbocycles. The quantitative estimate of drug-likeness (QED) is 0.728. The molecule has 9 heteroatoms. The maximum atomic E-state index is 12.9. The minimum atomic E-state index is -0.0460. The second-order valence-electron chi connectivity index (χ2n) is 7.67. The molecule has 2 atom stereocenters. The van der Waals surface area contributed by atoms with Gasteiger partial charge in [0.15, 0.2) is 0 Å². The molecule has 2 saturated heterocycles. The van der Waals surface area contributed by atoms with Gasteiger partial charge in [0.05, 0.1) is 12.4 Å². The van der Waals surface area contributed by atoms with Gasteiger partial charge in [-0.3, -0.25) is 9.59 Å². The molecule has 2 N–H and O–H groups in total. The van der Waals surface area contributed by atoms with Crippen molar-refractivity contribution in [2.75, 3.05) is 26.2 Å². The highest BCUT2D eigenvalue weighted by Gasteiger charge is 2.26. The van der Waals surface area contributed by atoms with Gasteiger partial charge in [0.25, 0.3) is 5.91 Å². The minimum Gasteiger partial charge on any atom is -0.354 e. The third-order valence-electron chi connectivity index (χ3n) is 5.66. The first-order chi connectivity index (χ1) is 13.7. The molecule has 0 aliphatic carbocycles. The van der Waals surface area contributed by atoms with Crippen LogP contribution >= 0.6 is 24.8 Å². The first-order valence-electron chi connectivity index (χ1n) is 10.1. The fourth-order valence-electron chi connectivity index (χ4n) is 4.06. The van der Waals surface area contributed by atoms with Crippen molar-refractivity contribution in [3.05, 3.63) is 48.5 Å². The molecule has 4 rings (SSSR count). The zero-order valence-electron chi connectivity index (χ0n) is 16.8. The van der Waals surface area contributed by atoms with Crippen LogP contribution in [0, 0.1) is 5.92 Å². The second kappa shape index (κ2) is 11.3. The average Bonchev–Trinajstić information content (AvgIpc) is 3.46. The van der Waals surface area contributed by atoms with Crippen LogP contribution in [0.4, 0.5) is 0 Å². The summed E-state index contributed by atoms with van der Waals surface area (Å²) < 4.78 is 1.91. The third-order valence-corrected chi connectivity index (χ3v) is 5.66. The summed E-state index contributed by atoms with van der Waals surface area (Å²) in [6.45, 7) is 3.03. The van der Waals surface area contributed by atoms with Crippen molar-refractivity contribution in [1.29, 1.82) is 0 Å². The number of carbonyl (C=O) groups is 2. The summed E-state index contributed by atoms with van der Waals surface area (Å²) in [6.07, 6.45) is 9.33. The highest BCUT2D eigenvalue weighted by molar-refractivity contribution is 5.94. The van der Waals surface area contributed by atoms with Crippen molar-refractivity contribution in [2.45, 2.75) is 31.7 Å². The lowest BCUT2D eigenvalue weighted by atomic mass is 9.97. The van der Waals surface area contributed by atoms with E-state index in [1.54, 1.807) is 12.5 Å². The Balaban J connectivity index is 0.00000160. The van der Waals surface area contributed by atoms with Crippen LogP contribution in [0.15, 0.2) is 43.0 Å². The number of nitrogens with zero attached hydrogens (tertiary/aromatic N) is 3. The highest BCUT2D eigenvalue weighted by Crippen LogP contribution is 2.19. The van der Waals surface area contributed by atoms with E-state index >= 15 is 0 Å². The van der Waals surface area contributed by atoms with E-state index in [1.807, 2.05) is 39.9 Å². The lowest BCUT2D eigenvalue weighted by Gasteiger charge is -2.33. The standard InChI is InChI=1S/C21H27N5O2.2ClH/c27-20(19-4-1-9-23-19)24-13-16-3-2-11-25(14-16)21(28)17-5-7-18(8-6-17)26-12-10-22-15-26;;/h5-8,10,12,15-16,19,23H,1-4,9,11,13-14H2,(H,24,27);2*1H. The molecule has 2 fully saturated rings. The zero-order valence-corrected chi connectivity index (χ0v) is 18.5. The molecule has 0 saturated carbocycles. The Kier molecular flexibility index (Phi) is 9.14. The van der Waals surface area contributed by atoms with E-state index < -0.39 is 0 Å². The summed E-state index contributed by atoms with van der Waals surface area (Å²) in [5.74, 6) is 0.468. The Bertz CT molecular complexity index is 807. The van der Waals surface area contributed by atoms with Gasteiger partial charge in [-0.15, -0.1) is 24.8 Å². The van der Waals surface area contributed by atoms with E-state index in [0.29, 0.717) is 24.6 Å². The molecule has 30 heavy (non-hydrogen) atoms. The molecule has 164 valence electrons. The number of amides is 2. The summed E-state index contributed by atoms with van der Waals surface area (Å²) in [6, 6.07) is 7.57. The van der Waals surface area contributed by atoms with E-state index in [1.165, 1.54) is 0 Å². The predicted molar refractivity (Wildman–Crippen MR) is 121 cm³/mol. The van der Waals surface area contributed by atoms with Crippen molar-refractivity contribution >= 4 is 36.6 Å². The van der Waals surface area contributed by atoms with Crippen LogP contribution in [-0.4, -0.2) is 58.5 Å². The Morgan fingerprint density at radius 3 is 2.60 bits per heavy atom. The van der Waals surface area contributed by atoms with Gasteiger partial charge in [0, 0.05) is 43.3 Å². The molecular formula is C21H29Cl2N5O2. The number of nitrogens with one attached hydrogen (secondary N) is 2. The van der Waals surface area contributed by atoms with Crippen LogP contribution in [0.25, 0.3) is 5.69 Å². The first-order valence-corrected chi connectivity index (χ1v) is 10.1. The van der Waals surface area contributed by atoms with E-state index in [0.717, 1.165) is 44.5 Å². The highest BCUT2D eigenvalue weighted by atomic mass is 35.5. The molecule has 0 spiro atoms. The number of carbonyl (C=O) groups excluding carboxylic acids is 2. The van der Waals surface area contributed by atoms with Gasteiger partial charge in [-0.1, -0.05) is 0 Å². The van der Waals surface area contributed by atoms with Gasteiger partial charge in [0.1, 0.15) is 0 Å². The number of rotatable bonds is 5. The third kappa shape index (κ3) is 5.74. The molecule has 2 aromatic rings. The SMILES string of the molecule is Cl.Cl.O=C(NCC1CCCN(C(=O)c2ccc(-n3ccnc3)cc2)C1)C1CCCN1. The van der Waals surface area contributed by atoms with Crippen molar-refractivity contribution in [3.63, 3.8) is 0 Å². The topological polar surface area (TPSA) is 79.3 Å². The number of hydrogen-bond acceptors (Lipinski definition) is 4. The predicted octanol–water partition coefficient (Wildman–Crippen LogP) is 2.44. The second-order valence-corrected chi connectivity index (χ2v) is 7.67. The van der Waals surface area contributed by atoms with Crippen LogP contribution in [0.5, 0.6) is 0 Å². The fourth-order valence-corrected chi connectivity index (χ4v) is 4.06. The number of hydrogen-bond donors (Lipinski definition) is 2. The summed E-state index contributed by atoms with van der Waals surface area (Å²) in [4.78, 5) is 31.1. The average molecular weight is 454 g/mol. The van der Waals surface area contributed by atoms with Crippen molar-refractivity contribution < 1.29 is 9.59 Å². The van der Waals surface area contributed by atoms with Gasteiger partial charge in [-0.05, 0) is 62.4 Å². The number of aromatic nitrogens is 2. The Labute approximate surface area is 189 Å².